The van der Waals surface area contributed by atoms with Crippen molar-refractivity contribution < 1.29 is 26.1 Å². The summed E-state index contributed by atoms with van der Waals surface area (Å²) in [5, 5.41) is 2.28. The number of hydrogen-bond donors (Lipinski definition) is 1. The van der Waals surface area contributed by atoms with Crippen LogP contribution in [-0.2, 0) is 26.5 Å². The Balaban J connectivity index is 1.91. The van der Waals surface area contributed by atoms with Crippen molar-refractivity contribution in [3.05, 3.63) is 23.8 Å². The molecule has 0 bridgehead atoms. The van der Waals surface area contributed by atoms with E-state index in [-0.39, 0.29) is 24.0 Å². The smallest absolute Gasteiger partial charge is 0.359 e. The average molecular weight is 328 g/mol. The number of fused-ring (bicyclic) bond motifs is 1. The molecular formula is C13H13FN2O5S. The van der Waals surface area contributed by atoms with Gasteiger partial charge in [-0.25, -0.2) is 0 Å². The van der Waals surface area contributed by atoms with Crippen LogP contribution in [0.1, 0.15) is 18.4 Å². The maximum atomic E-state index is 12.7. The summed E-state index contributed by atoms with van der Waals surface area (Å²) in [5.41, 5.74) is 1.16. The summed E-state index contributed by atoms with van der Waals surface area (Å²) in [6.07, 6.45) is 1.06. The quantitative estimate of drug-likeness (QED) is 0.640. The van der Waals surface area contributed by atoms with Gasteiger partial charge in [0.1, 0.15) is 6.04 Å². The molecule has 0 aromatic heterocycles. The normalized spacial score (nSPS) is 21.5. The molecule has 0 radical (unpaired) electrons. The van der Waals surface area contributed by atoms with Crippen molar-refractivity contribution in [2.45, 2.75) is 25.3 Å². The monoisotopic (exact) mass is 328 g/mol. The lowest BCUT2D eigenvalue weighted by Crippen LogP contribution is -2.52. The van der Waals surface area contributed by atoms with Crippen LogP contribution in [0.2, 0.25) is 0 Å². The highest BCUT2D eigenvalue weighted by atomic mass is 32.3. The van der Waals surface area contributed by atoms with E-state index >= 15 is 0 Å². The molecule has 1 saturated heterocycles. The summed E-state index contributed by atoms with van der Waals surface area (Å²) in [4.78, 5) is 25.0. The van der Waals surface area contributed by atoms with Crippen molar-refractivity contribution in [3.63, 3.8) is 0 Å². The number of amides is 2. The molecule has 1 N–H and O–H groups in total. The zero-order chi connectivity index (χ0) is 15.9. The lowest BCUT2D eigenvalue weighted by atomic mass is 10.0. The molecule has 1 fully saturated rings. The van der Waals surface area contributed by atoms with Crippen LogP contribution in [0, 0.1) is 0 Å². The zero-order valence-corrected chi connectivity index (χ0v) is 12.2. The first-order valence-corrected chi connectivity index (χ1v) is 8.02. The van der Waals surface area contributed by atoms with E-state index in [1.807, 2.05) is 0 Å². The van der Waals surface area contributed by atoms with Crippen LogP contribution in [-0.4, -0.2) is 32.8 Å². The van der Waals surface area contributed by atoms with E-state index in [2.05, 4.69) is 9.50 Å². The summed E-state index contributed by atoms with van der Waals surface area (Å²) in [6, 6.07) is 4.10. The standard InChI is InChI=1S/C13H13FN2O5S/c14-22(19,20)21-11-3-1-2-9-8(11)6-7-16(9)10-4-5-12(17)15-13(10)18/h1-3,10H,4-7H2,(H,15,17,18). The van der Waals surface area contributed by atoms with Crippen molar-refractivity contribution in [1.29, 1.82) is 0 Å². The van der Waals surface area contributed by atoms with E-state index in [9.17, 15) is 21.9 Å². The highest BCUT2D eigenvalue weighted by molar-refractivity contribution is 7.81. The van der Waals surface area contributed by atoms with Gasteiger partial charge < -0.3 is 9.08 Å². The van der Waals surface area contributed by atoms with Crippen LogP contribution < -0.4 is 14.4 Å². The van der Waals surface area contributed by atoms with Crippen LogP contribution >= 0.6 is 0 Å². The minimum atomic E-state index is -5.10. The molecule has 7 nitrogen and oxygen atoms in total. The van der Waals surface area contributed by atoms with Gasteiger partial charge in [-0.05, 0) is 25.0 Å². The summed E-state index contributed by atoms with van der Waals surface area (Å²) >= 11 is 0. The van der Waals surface area contributed by atoms with E-state index < -0.39 is 16.5 Å². The lowest BCUT2D eigenvalue weighted by Gasteiger charge is -2.31. The molecule has 0 aliphatic carbocycles. The minimum Gasteiger partial charge on any atom is -0.359 e. The summed E-state index contributed by atoms with van der Waals surface area (Å²) < 4.78 is 38.4. The van der Waals surface area contributed by atoms with Gasteiger partial charge in [-0.15, -0.1) is 0 Å². The first-order chi connectivity index (χ1) is 10.3. The van der Waals surface area contributed by atoms with Gasteiger partial charge >= 0.3 is 10.5 Å². The lowest BCUT2D eigenvalue weighted by molar-refractivity contribution is -0.134. The number of carbonyl (C=O) groups is 2. The van der Waals surface area contributed by atoms with Gasteiger partial charge in [0.25, 0.3) is 0 Å². The molecule has 2 amide bonds. The predicted octanol–water partition coefficient (Wildman–Crippen LogP) is 0.447. The molecule has 1 aromatic rings. The molecular weight excluding hydrogens is 315 g/mol. The number of nitrogens with one attached hydrogen (secondary N) is 1. The van der Waals surface area contributed by atoms with Gasteiger partial charge in [-0.2, -0.15) is 8.42 Å². The zero-order valence-electron chi connectivity index (χ0n) is 11.4. The van der Waals surface area contributed by atoms with E-state index in [0.717, 1.165) is 0 Å². The maximum absolute atomic E-state index is 12.7. The second kappa shape index (κ2) is 5.24. The second-order valence-corrected chi connectivity index (χ2v) is 6.09. The molecule has 0 saturated carbocycles. The van der Waals surface area contributed by atoms with Crippen molar-refractivity contribution >= 4 is 28.0 Å². The molecule has 1 atom stereocenters. The second-order valence-electron chi connectivity index (χ2n) is 5.14. The van der Waals surface area contributed by atoms with Gasteiger partial charge in [0, 0.05) is 24.2 Å². The number of hydrogen-bond acceptors (Lipinski definition) is 6. The Bertz CT molecular complexity index is 749. The SMILES string of the molecule is O=C1CCC(N2CCc3c(OS(=O)(=O)F)cccc32)C(=O)N1. The fourth-order valence-corrected chi connectivity index (χ4v) is 3.29. The van der Waals surface area contributed by atoms with Gasteiger partial charge in [-0.1, -0.05) is 9.95 Å². The Kier molecular flexibility index (Phi) is 3.51. The molecule has 118 valence electrons. The number of rotatable bonds is 3. The number of halogens is 1. The number of benzene rings is 1. The molecule has 1 unspecified atom stereocenters. The van der Waals surface area contributed by atoms with Crippen molar-refractivity contribution in [2.24, 2.45) is 0 Å². The third-order valence-corrected chi connectivity index (χ3v) is 4.17. The van der Waals surface area contributed by atoms with Crippen molar-refractivity contribution in [1.82, 2.24) is 5.32 Å². The highest BCUT2D eigenvalue weighted by Gasteiger charge is 2.36. The van der Waals surface area contributed by atoms with Crippen molar-refractivity contribution in [2.75, 3.05) is 11.4 Å². The fourth-order valence-electron chi connectivity index (χ4n) is 2.92. The number of imide groups is 1. The Labute approximate surface area is 126 Å². The summed E-state index contributed by atoms with van der Waals surface area (Å²) in [5.74, 6) is -0.760. The van der Waals surface area contributed by atoms with Crippen molar-refractivity contribution in [3.8, 4) is 5.75 Å². The first-order valence-electron chi connectivity index (χ1n) is 6.71. The number of nitrogens with zero attached hydrogens (tertiary/aromatic N) is 1. The van der Waals surface area contributed by atoms with Crippen LogP contribution in [0.3, 0.4) is 0 Å². The summed E-state index contributed by atoms with van der Waals surface area (Å²) in [7, 11) is -5.10. The first kappa shape index (κ1) is 14.8. The number of piperidine rings is 1. The Morgan fingerprint density at radius 3 is 2.73 bits per heavy atom. The average Bonchev–Trinajstić information content (AvgIpc) is 2.82. The maximum Gasteiger partial charge on any atom is 0.488 e. The molecule has 1 aromatic carbocycles. The van der Waals surface area contributed by atoms with E-state index in [1.165, 1.54) is 12.1 Å². The van der Waals surface area contributed by atoms with E-state index in [4.69, 9.17) is 0 Å². The Hall–Kier alpha value is -2.16. The van der Waals surface area contributed by atoms with Crippen LogP contribution in [0.4, 0.5) is 9.57 Å². The molecule has 2 aliphatic heterocycles. The van der Waals surface area contributed by atoms with Gasteiger partial charge in [-0.3, -0.25) is 14.9 Å². The van der Waals surface area contributed by atoms with E-state index in [0.29, 0.717) is 30.6 Å². The van der Waals surface area contributed by atoms with Crippen LogP contribution in [0.15, 0.2) is 18.2 Å². The largest absolute Gasteiger partial charge is 0.488 e. The number of carbonyl (C=O) groups excluding carboxylic acids is 2. The predicted molar refractivity (Wildman–Crippen MR) is 74.3 cm³/mol. The fraction of sp³-hybridized carbons (Fsp3) is 0.385. The third kappa shape index (κ3) is 2.76. The Morgan fingerprint density at radius 1 is 1.27 bits per heavy atom. The van der Waals surface area contributed by atoms with Crippen LogP contribution in [0.25, 0.3) is 0 Å². The molecule has 2 heterocycles. The molecule has 2 aliphatic rings. The molecule has 9 heteroatoms. The molecule has 22 heavy (non-hydrogen) atoms. The van der Waals surface area contributed by atoms with E-state index in [1.54, 1.807) is 11.0 Å². The topological polar surface area (TPSA) is 92.8 Å². The molecule has 3 rings (SSSR count). The van der Waals surface area contributed by atoms with Gasteiger partial charge in [0.15, 0.2) is 5.75 Å². The van der Waals surface area contributed by atoms with Gasteiger partial charge in [0.05, 0.1) is 0 Å². The number of anilines is 1. The van der Waals surface area contributed by atoms with Gasteiger partial charge in [0.2, 0.25) is 11.8 Å². The summed E-state index contributed by atoms with van der Waals surface area (Å²) in [6.45, 7) is 0.467. The van der Waals surface area contributed by atoms with Crippen LogP contribution in [0.5, 0.6) is 5.75 Å². The highest BCUT2D eigenvalue weighted by Crippen LogP contribution is 2.37. The molecule has 0 spiro atoms. The minimum absolute atomic E-state index is 0.0743. The third-order valence-electron chi connectivity index (χ3n) is 3.80. The Morgan fingerprint density at radius 2 is 2.05 bits per heavy atom.